The third-order valence-corrected chi connectivity index (χ3v) is 1.95. The fourth-order valence-corrected chi connectivity index (χ4v) is 1.05. The molecule has 0 bridgehead atoms. The largest absolute Gasteiger partial charge is 0.503 e. The zero-order valence-electron chi connectivity index (χ0n) is 7.46. The van der Waals surface area contributed by atoms with Gasteiger partial charge in [0.15, 0.2) is 11.5 Å². The van der Waals surface area contributed by atoms with Crippen LogP contribution in [-0.4, -0.2) is 17.3 Å². The summed E-state index contributed by atoms with van der Waals surface area (Å²) in [5.74, 6) is -0.668. The van der Waals surface area contributed by atoms with E-state index in [1.807, 2.05) is 0 Å². The molecule has 13 heavy (non-hydrogen) atoms. The molecule has 0 aliphatic rings. The van der Waals surface area contributed by atoms with Gasteiger partial charge in [-0.1, -0.05) is 0 Å². The van der Waals surface area contributed by atoms with Crippen LogP contribution < -0.4 is 16.2 Å². The number of nitrogens with two attached hydrogens (primary N) is 2. The Morgan fingerprint density at radius 2 is 1.46 bits per heavy atom. The standard InChI is InChI=1S/C8H12N2O3/c1-3-4(9)6(11)8(13-2)7(12)5(3)10/h11-12H,9-10H2,1-2H3. The second kappa shape index (κ2) is 2.93. The number of methoxy groups -OCH3 is 1. The molecule has 6 N–H and O–H groups in total. The number of rotatable bonds is 1. The molecule has 0 heterocycles. The van der Waals surface area contributed by atoms with Gasteiger partial charge in [0.2, 0.25) is 5.75 Å². The van der Waals surface area contributed by atoms with E-state index in [4.69, 9.17) is 16.2 Å². The number of hydrogen-bond donors (Lipinski definition) is 4. The molecule has 5 nitrogen and oxygen atoms in total. The Hall–Kier alpha value is -1.78. The van der Waals surface area contributed by atoms with Crippen LogP contribution in [0, 0.1) is 6.92 Å². The van der Waals surface area contributed by atoms with Gasteiger partial charge < -0.3 is 26.4 Å². The van der Waals surface area contributed by atoms with Crippen LogP contribution in [0.4, 0.5) is 11.4 Å². The van der Waals surface area contributed by atoms with Crippen molar-refractivity contribution in [3.05, 3.63) is 5.56 Å². The van der Waals surface area contributed by atoms with E-state index < -0.39 is 0 Å². The fourth-order valence-electron chi connectivity index (χ4n) is 1.05. The molecule has 0 atom stereocenters. The lowest BCUT2D eigenvalue weighted by Crippen LogP contribution is -1.99. The fraction of sp³-hybridized carbons (Fsp3) is 0.250. The van der Waals surface area contributed by atoms with Gasteiger partial charge in [0, 0.05) is 5.56 Å². The Labute approximate surface area is 75.5 Å². The SMILES string of the molecule is COc1c(O)c(N)c(C)c(N)c1O. The first-order chi connectivity index (χ1) is 6.00. The number of ether oxygens (including phenoxy) is 1. The highest BCUT2D eigenvalue weighted by molar-refractivity contribution is 5.79. The first kappa shape index (κ1) is 9.31. The molecule has 0 unspecified atom stereocenters. The molecule has 1 aromatic carbocycles. The van der Waals surface area contributed by atoms with E-state index in [-0.39, 0.29) is 28.6 Å². The Morgan fingerprint density at radius 1 is 1.08 bits per heavy atom. The third kappa shape index (κ3) is 1.18. The van der Waals surface area contributed by atoms with Crippen LogP contribution in [0.2, 0.25) is 0 Å². The number of nitrogen functional groups attached to an aromatic ring is 2. The highest BCUT2D eigenvalue weighted by Gasteiger charge is 2.18. The van der Waals surface area contributed by atoms with Gasteiger partial charge in [0.05, 0.1) is 18.5 Å². The maximum atomic E-state index is 9.42. The van der Waals surface area contributed by atoms with Crippen molar-refractivity contribution < 1.29 is 14.9 Å². The smallest absolute Gasteiger partial charge is 0.207 e. The molecule has 5 heteroatoms. The van der Waals surface area contributed by atoms with Gasteiger partial charge in [-0.2, -0.15) is 0 Å². The van der Waals surface area contributed by atoms with Gasteiger partial charge in [-0.15, -0.1) is 0 Å². The number of hydrogen-bond acceptors (Lipinski definition) is 5. The molecule has 1 rings (SSSR count). The summed E-state index contributed by atoms with van der Waals surface area (Å²) in [6, 6.07) is 0. The minimum atomic E-state index is -0.285. The van der Waals surface area contributed by atoms with Crippen molar-refractivity contribution in [2.75, 3.05) is 18.6 Å². The van der Waals surface area contributed by atoms with E-state index in [2.05, 4.69) is 0 Å². The van der Waals surface area contributed by atoms with Gasteiger partial charge >= 0.3 is 0 Å². The first-order valence-electron chi connectivity index (χ1n) is 3.64. The van der Waals surface area contributed by atoms with Crippen LogP contribution in [0.15, 0.2) is 0 Å². The zero-order chi connectivity index (χ0) is 10.2. The van der Waals surface area contributed by atoms with Gasteiger partial charge in [-0.3, -0.25) is 0 Å². The van der Waals surface area contributed by atoms with Crippen LogP contribution in [0.3, 0.4) is 0 Å². The number of phenolic OH excluding ortho intramolecular Hbond substituents is 2. The molecule has 0 amide bonds. The normalized spacial score (nSPS) is 10.0. The minimum absolute atomic E-state index is 0.0967. The predicted octanol–water partition coefficient (Wildman–Crippen LogP) is 0.579. The highest BCUT2D eigenvalue weighted by Crippen LogP contribution is 2.46. The summed E-state index contributed by atoms with van der Waals surface area (Å²) in [6.07, 6.45) is 0. The lowest BCUT2D eigenvalue weighted by atomic mass is 10.1. The van der Waals surface area contributed by atoms with E-state index in [0.717, 1.165) is 0 Å². The molecule has 0 aliphatic heterocycles. The summed E-state index contributed by atoms with van der Waals surface area (Å²) < 4.78 is 4.73. The molecule has 0 spiro atoms. The van der Waals surface area contributed by atoms with Crippen molar-refractivity contribution in [1.29, 1.82) is 0 Å². The molecule has 1 aromatic rings. The summed E-state index contributed by atoms with van der Waals surface area (Å²) >= 11 is 0. The van der Waals surface area contributed by atoms with Crippen molar-refractivity contribution in [1.82, 2.24) is 0 Å². The number of phenols is 2. The molecular weight excluding hydrogens is 172 g/mol. The van der Waals surface area contributed by atoms with Gasteiger partial charge in [-0.25, -0.2) is 0 Å². The minimum Gasteiger partial charge on any atom is -0.503 e. The zero-order valence-corrected chi connectivity index (χ0v) is 7.46. The van der Waals surface area contributed by atoms with Crippen molar-refractivity contribution >= 4 is 11.4 Å². The number of anilines is 2. The predicted molar refractivity (Wildman–Crippen MR) is 49.9 cm³/mol. The molecular formula is C8H12N2O3. The van der Waals surface area contributed by atoms with Crippen LogP contribution in [0.25, 0.3) is 0 Å². The summed E-state index contributed by atoms with van der Waals surface area (Å²) in [7, 11) is 1.31. The lowest BCUT2D eigenvalue weighted by molar-refractivity contribution is 0.346. The van der Waals surface area contributed by atoms with Crippen molar-refractivity contribution in [3.63, 3.8) is 0 Å². The molecule has 0 saturated heterocycles. The Balaban J connectivity index is 3.56. The summed E-state index contributed by atoms with van der Waals surface area (Å²) in [5, 5.41) is 18.8. The maximum Gasteiger partial charge on any atom is 0.207 e. The molecule has 72 valence electrons. The quantitative estimate of drug-likeness (QED) is 0.290. The van der Waals surface area contributed by atoms with E-state index in [0.29, 0.717) is 5.56 Å². The van der Waals surface area contributed by atoms with Crippen molar-refractivity contribution in [3.8, 4) is 17.2 Å². The average molecular weight is 184 g/mol. The third-order valence-electron chi connectivity index (χ3n) is 1.95. The van der Waals surface area contributed by atoms with E-state index >= 15 is 0 Å². The number of benzene rings is 1. The second-order valence-electron chi connectivity index (χ2n) is 2.68. The van der Waals surface area contributed by atoms with E-state index in [1.165, 1.54) is 7.11 Å². The number of aromatic hydroxyl groups is 2. The van der Waals surface area contributed by atoms with Gasteiger partial charge in [0.1, 0.15) is 0 Å². The summed E-state index contributed by atoms with van der Waals surface area (Å²) in [4.78, 5) is 0. The average Bonchev–Trinajstić information content (AvgIpc) is 2.13. The Bertz CT molecular complexity index is 321. The van der Waals surface area contributed by atoms with Crippen molar-refractivity contribution in [2.45, 2.75) is 6.92 Å². The van der Waals surface area contributed by atoms with E-state index in [9.17, 15) is 10.2 Å². The van der Waals surface area contributed by atoms with Crippen LogP contribution in [-0.2, 0) is 0 Å². The Kier molecular flexibility index (Phi) is 2.10. The van der Waals surface area contributed by atoms with Crippen molar-refractivity contribution in [2.24, 2.45) is 0 Å². The van der Waals surface area contributed by atoms with Gasteiger partial charge in [0.25, 0.3) is 0 Å². The van der Waals surface area contributed by atoms with Crippen LogP contribution in [0.1, 0.15) is 5.56 Å². The van der Waals surface area contributed by atoms with Crippen LogP contribution >= 0.6 is 0 Å². The van der Waals surface area contributed by atoms with E-state index in [1.54, 1.807) is 6.92 Å². The summed E-state index contributed by atoms with van der Waals surface area (Å²) in [6.45, 7) is 1.60. The van der Waals surface area contributed by atoms with Crippen LogP contribution in [0.5, 0.6) is 17.2 Å². The molecule has 0 aromatic heterocycles. The summed E-state index contributed by atoms with van der Waals surface area (Å²) in [5.41, 5.74) is 11.7. The van der Waals surface area contributed by atoms with Gasteiger partial charge in [-0.05, 0) is 6.92 Å². The monoisotopic (exact) mass is 184 g/mol. The lowest BCUT2D eigenvalue weighted by Gasteiger charge is -2.13. The second-order valence-corrected chi connectivity index (χ2v) is 2.68. The molecule has 0 saturated carbocycles. The first-order valence-corrected chi connectivity index (χ1v) is 3.64. The maximum absolute atomic E-state index is 9.42. The molecule has 0 radical (unpaired) electrons. The Morgan fingerprint density at radius 3 is 1.77 bits per heavy atom. The molecule has 0 fully saturated rings. The topological polar surface area (TPSA) is 102 Å². The highest BCUT2D eigenvalue weighted by atomic mass is 16.5. The molecule has 0 aliphatic carbocycles.